The number of carbonyl (C=O) groups excluding carboxylic acids is 3. The molecule has 1 fully saturated rings. The summed E-state index contributed by atoms with van der Waals surface area (Å²) in [7, 11) is 0. The Labute approximate surface area is 244 Å². The van der Waals surface area contributed by atoms with E-state index in [4.69, 9.17) is 37.4 Å². The van der Waals surface area contributed by atoms with Gasteiger partial charge < -0.3 is 14.2 Å². The van der Waals surface area contributed by atoms with Gasteiger partial charge in [-0.05, 0) is 47.6 Å². The van der Waals surface area contributed by atoms with Crippen molar-refractivity contribution in [3.8, 4) is 0 Å². The average molecular weight is 607 g/mol. The van der Waals surface area contributed by atoms with E-state index >= 15 is 0 Å². The molecular weight excluding hydrogens is 581 g/mol. The Morgan fingerprint density at radius 2 is 1.83 bits per heavy atom. The number of hydrogen-bond donors (Lipinski definition) is 0. The number of pyridine rings is 1. The molecule has 12 heteroatoms. The maximum atomic E-state index is 13.2. The highest BCUT2D eigenvalue weighted by atomic mass is 35.5. The van der Waals surface area contributed by atoms with Gasteiger partial charge >= 0.3 is 12.6 Å². The third kappa shape index (κ3) is 7.19. The lowest BCUT2D eigenvalue weighted by Gasteiger charge is -2.30. The summed E-state index contributed by atoms with van der Waals surface area (Å²) < 4.78 is 42.6. The van der Waals surface area contributed by atoms with Crippen molar-refractivity contribution in [1.29, 1.82) is 0 Å². The Morgan fingerprint density at radius 3 is 2.54 bits per heavy atom. The van der Waals surface area contributed by atoms with Crippen molar-refractivity contribution in [3.05, 3.63) is 87.2 Å². The van der Waals surface area contributed by atoms with Crippen LogP contribution in [0, 0.1) is 5.92 Å². The number of rotatable bonds is 11. The number of imide groups is 1. The van der Waals surface area contributed by atoms with E-state index in [9.17, 15) is 23.2 Å². The van der Waals surface area contributed by atoms with E-state index in [1.54, 1.807) is 30.3 Å². The van der Waals surface area contributed by atoms with Crippen molar-refractivity contribution in [1.82, 2.24) is 9.88 Å². The van der Waals surface area contributed by atoms with Gasteiger partial charge in [-0.3, -0.25) is 24.3 Å². The quantitative estimate of drug-likeness (QED) is 0.263. The van der Waals surface area contributed by atoms with Crippen LogP contribution in [-0.4, -0.2) is 65.7 Å². The first kappa shape index (κ1) is 29.3. The highest BCUT2D eigenvalue weighted by Crippen LogP contribution is 2.32. The fourth-order valence-corrected chi connectivity index (χ4v) is 5.24. The lowest BCUT2D eigenvalue weighted by Crippen LogP contribution is -2.46. The van der Waals surface area contributed by atoms with Crippen molar-refractivity contribution >= 4 is 41.0 Å². The van der Waals surface area contributed by atoms with Crippen LogP contribution in [0.5, 0.6) is 0 Å². The summed E-state index contributed by atoms with van der Waals surface area (Å²) in [6, 6.07) is 6.69. The van der Waals surface area contributed by atoms with Crippen LogP contribution in [0.4, 0.5) is 8.78 Å². The van der Waals surface area contributed by atoms with Crippen LogP contribution in [0.1, 0.15) is 34.3 Å². The molecule has 2 heterocycles. The summed E-state index contributed by atoms with van der Waals surface area (Å²) in [5.74, 6) is -1.62. The van der Waals surface area contributed by atoms with Crippen LogP contribution in [0.2, 0.25) is 10.0 Å². The molecule has 3 aliphatic rings. The largest absolute Gasteiger partial charge is 0.456 e. The van der Waals surface area contributed by atoms with E-state index in [-0.39, 0.29) is 22.9 Å². The van der Waals surface area contributed by atoms with Gasteiger partial charge in [0.1, 0.15) is 24.9 Å². The van der Waals surface area contributed by atoms with Crippen LogP contribution in [0.3, 0.4) is 0 Å². The molecule has 0 bridgehead atoms. The summed E-state index contributed by atoms with van der Waals surface area (Å²) in [6.07, 6.45) is 6.33. The first-order valence-corrected chi connectivity index (χ1v) is 13.8. The number of hydrogen-bond acceptors (Lipinski definition) is 7. The number of fused-ring (bicyclic) bond motifs is 1. The maximum Gasteiger partial charge on any atom is 0.345 e. The fraction of sp³-hybridized carbons (Fsp3) is 0.379. The van der Waals surface area contributed by atoms with Crippen LogP contribution in [0.25, 0.3) is 0 Å². The van der Waals surface area contributed by atoms with Crippen molar-refractivity contribution in [2.24, 2.45) is 5.92 Å². The monoisotopic (exact) mass is 606 g/mol. The lowest BCUT2D eigenvalue weighted by molar-refractivity contribution is -0.174. The van der Waals surface area contributed by atoms with Gasteiger partial charge in [0.15, 0.2) is 0 Å². The molecule has 1 aromatic carbocycles. The van der Waals surface area contributed by atoms with Crippen LogP contribution in [0.15, 0.2) is 60.5 Å². The molecular formula is C29H26Cl2F2N2O6. The lowest BCUT2D eigenvalue weighted by atomic mass is 9.94. The van der Waals surface area contributed by atoms with Crippen molar-refractivity contribution < 1.29 is 37.4 Å². The molecule has 1 aliphatic heterocycles. The second-order valence-corrected chi connectivity index (χ2v) is 10.8. The molecule has 1 saturated carbocycles. The number of esters is 1. The number of benzene rings is 1. The summed E-state index contributed by atoms with van der Waals surface area (Å²) in [5, 5.41) is 0.467. The normalized spacial score (nSPS) is 21.1. The van der Waals surface area contributed by atoms with E-state index in [1.807, 2.05) is 0 Å². The molecule has 1 aromatic heterocycles. The van der Waals surface area contributed by atoms with Crippen LogP contribution in [-0.2, 0) is 36.6 Å². The summed E-state index contributed by atoms with van der Waals surface area (Å²) in [4.78, 5) is 43.7. The molecule has 5 rings (SSSR count). The smallest absolute Gasteiger partial charge is 0.345 e. The predicted molar refractivity (Wildman–Crippen MR) is 145 cm³/mol. The van der Waals surface area contributed by atoms with E-state index in [0.29, 0.717) is 34.8 Å². The maximum absolute atomic E-state index is 13.2. The van der Waals surface area contributed by atoms with Crippen molar-refractivity contribution in [2.75, 3.05) is 13.2 Å². The summed E-state index contributed by atoms with van der Waals surface area (Å²) in [6.45, 7) is -3.26. The van der Waals surface area contributed by atoms with Crippen molar-refractivity contribution in [2.45, 2.75) is 50.6 Å². The van der Waals surface area contributed by atoms with Crippen LogP contribution >= 0.6 is 23.2 Å². The average Bonchev–Trinajstić information content (AvgIpc) is 3.76. The van der Waals surface area contributed by atoms with E-state index < -0.39 is 49.3 Å². The molecule has 0 radical (unpaired) electrons. The molecule has 8 nitrogen and oxygen atoms in total. The SMILES string of the molecule is O=C(CN1C(=O)Cc2ccccc2C1=O)O[C@@H](Cc1c(Cl)cncc1Cl)C1=CC(OCC2CC2)C(OC(F)F)C=C1. The number of halogens is 4. The molecule has 41 heavy (non-hydrogen) atoms. The first-order chi connectivity index (χ1) is 19.7. The number of alkyl halides is 2. The number of ether oxygens (including phenoxy) is 3. The summed E-state index contributed by atoms with van der Waals surface area (Å²) >= 11 is 12.7. The molecule has 3 atom stereocenters. The minimum Gasteiger partial charge on any atom is -0.456 e. The number of nitrogens with zero attached hydrogens (tertiary/aromatic N) is 2. The zero-order chi connectivity index (χ0) is 29.1. The van der Waals surface area contributed by atoms with Gasteiger partial charge in [0.05, 0.1) is 23.1 Å². The van der Waals surface area contributed by atoms with E-state index in [1.165, 1.54) is 24.5 Å². The third-order valence-corrected chi connectivity index (χ3v) is 7.70. The second kappa shape index (κ2) is 12.8. The van der Waals surface area contributed by atoms with Gasteiger partial charge in [-0.25, -0.2) is 0 Å². The molecule has 216 valence electrons. The minimum absolute atomic E-state index is 0.00252. The van der Waals surface area contributed by atoms with Gasteiger partial charge in [-0.2, -0.15) is 8.78 Å². The second-order valence-electron chi connectivity index (χ2n) is 10.0. The number of amides is 2. The number of aromatic nitrogens is 1. The molecule has 2 aliphatic carbocycles. The van der Waals surface area contributed by atoms with E-state index in [0.717, 1.165) is 17.7 Å². The molecule has 0 spiro atoms. The zero-order valence-corrected chi connectivity index (χ0v) is 23.2. The fourth-order valence-electron chi connectivity index (χ4n) is 4.72. The summed E-state index contributed by atoms with van der Waals surface area (Å²) in [5.41, 5.74) is 1.79. The topological polar surface area (TPSA) is 95.0 Å². The van der Waals surface area contributed by atoms with Crippen LogP contribution < -0.4 is 0 Å². The van der Waals surface area contributed by atoms with Gasteiger partial charge in [-0.15, -0.1) is 0 Å². The molecule has 2 unspecified atom stereocenters. The Bertz CT molecular complexity index is 1380. The number of carbonyl (C=O) groups is 3. The highest BCUT2D eigenvalue weighted by molar-refractivity contribution is 6.35. The van der Waals surface area contributed by atoms with Gasteiger partial charge in [0.25, 0.3) is 5.91 Å². The standard InChI is InChI=1S/C29H26Cl2F2N2O6/c30-21-12-34-13-22(31)20(21)11-24(18-7-8-23(41-29(32)33)25(9-18)39-15-16-5-6-16)40-27(37)14-35-26(36)10-17-3-1-2-4-19(17)28(35)38/h1-4,7-9,12-13,16,23-25,29H,5-6,10-11,14-15H2/t23?,24-,25?/m0/s1. The Balaban J connectivity index is 1.38. The highest BCUT2D eigenvalue weighted by Gasteiger charge is 2.35. The zero-order valence-electron chi connectivity index (χ0n) is 21.7. The van der Waals surface area contributed by atoms with Crippen molar-refractivity contribution in [3.63, 3.8) is 0 Å². The van der Waals surface area contributed by atoms with Gasteiger partial charge in [0, 0.05) is 24.4 Å². The third-order valence-electron chi connectivity index (χ3n) is 7.05. The Morgan fingerprint density at radius 1 is 1.10 bits per heavy atom. The predicted octanol–water partition coefficient (Wildman–Crippen LogP) is 4.97. The molecule has 2 aromatic rings. The Hall–Kier alpha value is -3.18. The van der Waals surface area contributed by atoms with Gasteiger partial charge in [-0.1, -0.05) is 53.6 Å². The molecule has 0 N–H and O–H groups in total. The molecule has 2 amide bonds. The first-order valence-electron chi connectivity index (χ1n) is 13.0. The molecule has 0 saturated heterocycles. The van der Waals surface area contributed by atoms with E-state index in [2.05, 4.69) is 4.98 Å². The van der Waals surface area contributed by atoms with Gasteiger partial charge in [0.2, 0.25) is 5.91 Å². The minimum atomic E-state index is -3.01. The Kier molecular flexibility index (Phi) is 9.13.